The summed E-state index contributed by atoms with van der Waals surface area (Å²) in [5.74, 6) is 1.05. The highest BCUT2D eigenvalue weighted by molar-refractivity contribution is 5.95. The Morgan fingerprint density at radius 1 is 1.43 bits per heavy atom. The summed E-state index contributed by atoms with van der Waals surface area (Å²) in [6.45, 7) is 5.26. The first-order chi connectivity index (χ1) is 10.3. The molecular formula is C18H26N2O. The molecular weight excluding hydrogens is 260 g/mol. The fourth-order valence-electron chi connectivity index (χ4n) is 3.62. The topological polar surface area (TPSA) is 32.3 Å². The Morgan fingerprint density at radius 3 is 3.10 bits per heavy atom. The van der Waals surface area contributed by atoms with E-state index in [1.165, 1.54) is 36.9 Å². The van der Waals surface area contributed by atoms with Gasteiger partial charge < -0.3 is 10.2 Å². The number of rotatable bonds is 4. The van der Waals surface area contributed by atoms with Crippen LogP contribution in [0, 0.1) is 5.92 Å². The molecule has 1 atom stereocenters. The van der Waals surface area contributed by atoms with Gasteiger partial charge in [0.25, 0.3) is 0 Å². The molecule has 2 aliphatic heterocycles. The van der Waals surface area contributed by atoms with Gasteiger partial charge in [0.2, 0.25) is 5.91 Å². The fraction of sp³-hybridized carbons (Fsp3) is 0.611. The van der Waals surface area contributed by atoms with E-state index in [1.54, 1.807) is 0 Å². The Morgan fingerprint density at radius 2 is 2.33 bits per heavy atom. The molecule has 21 heavy (non-hydrogen) atoms. The van der Waals surface area contributed by atoms with Crippen molar-refractivity contribution >= 4 is 11.6 Å². The zero-order chi connectivity index (χ0) is 14.7. The second-order valence-electron chi connectivity index (χ2n) is 6.42. The lowest BCUT2D eigenvalue weighted by Crippen LogP contribution is -2.30. The molecule has 1 N–H and O–H groups in total. The molecule has 0 radical (unpaired) electrons. The number of hydrogen-bond acceptors (Lipinski definition) is 2. The summed E-state index contributed by atoms with van der Waals surface area (Å²) in [5.41, 5.74) is 3.95. The van der Waals surface area contributed by atoms with Gasteiger partial charge >= 0.3 is 0 Å². The predicted molar refractivity (Wildman–Crippen MR) is 86.7 cm³/mol. The maximum absolute atomic E-state index is 12.1. The van der Waals surface area contributed by atoms with E-state index in [0.717, 1.165) is 37.5 Å². The van der Waals surface area contributed by atoms with Crippen LogP contribution in [0.15, 0.2) is 18.2 Å². The summed E-state index contributed by atoms with van der Waals surface area (Å²) in [5, 5.41) is 3.49. The number of amides is 1. The third-order valence-corrected chi connectivity index (χ3v) is 4.73. The van der Waals surface area contributed by atoms with E-state index in [1.807, 2.05) is 4.90 Å². The summed E-state index contributed by atoms with van der Waals surface area (Å²) >= 11 is 0. The van der Waals surface area contributed by atoms with Gasteiger partial charge in [0.1, 0.15) is 0 Å². The first kappa shape index (κ1) is 14.6. The minimum absolute atomic E-state index is 0.278. The number of nitrogens with zero attached hydrogens (tertiary/aromatic N) is 1. The van der Waals surface area contributed by atoms with Gasteiger partial charge in [0, 0.05) is 18.7 Å². The van der Waals surface area contributed by atoms with E-state index in [0.29, 0.717) is 6.42 Å². The molecule has 0 spiro atoms. The number of piperidine rings is 1. The maximum atomic E-state index is 12.1. The van der Waals surface area contributed by atoms with E-state index in [4.69, 9.17) is 0 Å². The van der Waals surface area contributed by atoms with E-state index >= 15 is 0 Å². The quantitative estimate of drug-likeness (QED) is 0.923. The lowest BCUT2D eigenvalue weighted by molar-refractivity contribution is -0.118. The SMILES string of the molecule is CCCC(=O)N1CCc2cc(CC3CCCNC3)ccc21. The molecule has 0 aliphatic carbocycles. The third-order valence-electron chi connectivity index (χ3n) is 4.73. The molecule has 114 valence electrons. The largest absolute Gasteiger partial charge is 0.316 e. The highest BCUT2D eigenvalue weighted by atomic mass is 16.2. The van der Waals surface area contributed by atoms with Crippen molar-refractivity contribution in [1.29, 1.82) is 0 Å². The number of carbonyl (C=O) groups excluding carboxylic acids is 1. The van der Waals surface area contributed by atoms with Gasteiger partial charge in [-0.3, -0.25) is 4.79 Å². The first-order valence-electron chi connectivity index (χ1n) is 8.41. The van der Waals surface area contributed by atoms with Crippen molar-refractivity contribution in [3.8, 4) is 0 Å². The van der Waals surface area contributed by atoms with Crippen molar-refractivity contribution in [3.05, 3.63) is 29.3 Å². The number of anilines is 1. The molecule has 3 heteroatoms. The number of hydrogen-bond donors (Lipinski definition) is 1. The Bertz CT molecular complexity index is 506. The van der Waals surface area contributed by atoms with Gasteiger partial charge in [-0.1, -0.05) is 19.1 Å². The standard InChI is InChI=1S/C18H26N2O/c1-2-4-18(21)20-10-8-16-12-14(6-7-17(16)20)11-15-5-3-9-19-13-15/h6-7,12,15,19H,2-5,8-11,13H2,1H3. The molecule has 0 saturated carbocycles. The van der Waals surface area contributed by atoms with Gasteiger partial charge in [-0.2, -0.15) is 0 Å². The minimum Gasteiger partial charge on any atom is -0.316 e. The smallest absolute Gasteiger partial charge is 0.226 e. The fourth-order valence-corrected chi connectivity index (χ4v) is 3.62. The molecule has 1 aromatic carbocycles. The van der Waals surface area contributed by atoms with Crippen LogP contribution in [0.5, 0.6) is 0 Å². The molecule has 2 aliphatic rings. The van der Waals surface area contributed by atoms with Gasteiger partial charge in [-0.25, -0.2) is 0 Å². The molecule has 1 amide bonds. The summed E-state index contributed by atoms with van der Waals surface area (Å²) < 4.78 is 0. The van der Waals surface area contributed by atoms with Crippen LogP contribution < -0.4 is 10.2 Å². The number of fused-ring (bicyclic) bond motifs is 1. The van der Waals surface area contributed by atoms with E-state index < -0.39 is 0 Å². The lowest BCUT2D eigenvalue weighted by atomic mass is 9.91. The highest BCUT2D eigenvalue weighted by Crippen LogP contribution is 2.30. The van der Waals surface area contributed by atoms with Crippen molar-refractivity contribution in [2.45, 2.75) is 45.4 Å². The van der Waals surface area contributed by atoms with Crippen molar-refractivity contribution in [3.63, 3.8) is 0 Å². The Hall–Kier alpha value is -1.35. The molecule has 1 fully saturated rings. The van der Waals surface area contributed by atoms with Crippen LogP contribution in [0.2, 0.25) is 0 Å². The Labute approximate surface area is 127 Å². The van der Waals surface area contributed by atoms with Gasteiger partial charge in [0.15, 0.2) is 0 Å². The van der Waals surface area contributed by atoms with E-state index in [2.05, 4.69) is 30.4 Å². The minimum atomic E-state index is 0.278. The van der Waals surface area contributed by atoms with Crippen LogP contribution in [0.4, 0.5) is 5.69 Å². The van der Waals surface area contributed by atoms with Crippen molar-refractivity contribution in [2.75, 3.05) is 24.5 Å². The lowest BCUT2D eigenvalue weighted by Gasteiger charge is -2.23. The van der Waals surface area contributed by atoms with Crippen LogP contribution in [0.1, 0.15) is 43.7 Å². The van der Waals surface area contributed by atoms with Gasteiger partial charge in [0.05, 0.1) is 0 Å². The molecule has 2 heterocycles. The normalized spacial score (nSPS) is 21.4. The summed E-state index contributed by atoms with van der Waals surface area (Å²) in [6.07, 6.45) is 6.41. The maximum Gasteiger partial charge on any atom is 0.226 e. The zero-order valence-electron chi connectivity index (χ0n) is 13.0. The summed E-state index contributed by atoms with van der Waals surface area (Å²) in [6, 6.07) is 6.73. The molecule has 1 saturated heterocycles. The Balaban J connectivity index is 1.69. The number of nitrogens with one attached hydrogen (secondary N) is 1. The van der Waals surface area contributed by atoms with Gasteiger partial charge in [-0.15, -0.1) is 0 Å². The average molecular weight is 286 g/mol. The highest BCUT2D eigenvalue weighted by Gasteiger charge is 2.24. The molecule has 0 aromatic heterocycles. The first-order valence-corrected chi connectivity index (χ1v) is 8.41. The van der Waals surface area contributed by atoms with Crippen LogP contribution in [0.25, 0.3) is 0 Å². The molecule has 3 rings (SSSR count). The third kappa shape index (κ3) is 3.29. The van der Waals surface area contributed by atoms with E-state index in [-0.39, 0.29) is 5.91 Å². The summed E-state index contributed by atoms with van der Waals surface area (Å²) in [4.78, 5) is 14.1. The average Bonchev–Trinajstić information content (AvgIpc) is 2.92. The molecule has 1 unspecified atom stereocenters. The van der Waals surface area contributed by atoms with Crippen LogP contribution in [-0.4, -0.2) is 25.5 Å². The molecule has 3 nitrogen and oxygen atoms in total. The Kier molecular flexibility index (Phi) is 4.59. The second kappa shape index (κ2) is 6.61. The van der Waals surface area contributed by atoms with Crippen molar-refractivity contribution in [1.82, 2.24) is 5.32 Å². The van der Waals surface area contributed by atoms with E-state index in [9.17, 15) is 4.79 Å². The number of carbonyl (C=O) groups is 1. The van der Waals surface area contributed by atoms with Crippen molar-refractivity contribution < 1.29 is 4.79 Å². The number of benzene rings is 1. The van der Waals surface area contributed by atoms with Crippen LogP contribution >= 0.6 is 0 Å². The van der Waals surface area contributed by atoms with Crippen LogP contribution in [0.3, 0.4) is 0 Å². The monoisotopic (exact) mass is 286 g/mol. The predicted octanol–water partition coefficient (Wildman–Crippen LogP) is 2.92. The van der Waals surface area contributed by atoms with Crippen LogP contribution in [-0.2, 0) is 17.6 Å². The van der Waals surface area contributed by atoms with Gasteiger partial charge in [-0.05, 0) is 68.3 Å². The summed E-state index contributed by atoms with van der Waals surface area (Å²) in [7, 11) is 0. The van der Waals surface area contributed by atoms with Crippen molar-refractivity contribution in [2.24, 2.45) is 5.92 Å². The second-order valence-corrected chi connectivity index (χ2v) is 6.42. The molecule has 0 bridgehead atoms. The molecule has 1 aromatic rings. The zero-order valence-corrected chi connectivity index (χ0v) is 13.0.